The molecule has 1 aromatic rings. The fourth-order valence-corrected chi connectivity index (χ4v) is 4.43. The van der Waals surface area contributed by atoms with Gasteiger partial charge in [-0.1, -0.05) is 12.1 Å². The summed E-state index contributed by atoms with van der Waals surface area (Å²) in [5, 5.41) is 10.5. The molecule has 5 nitrogen and oxygen atoms in total. The van der Waals surface area contributed by atoms with E-state index >= 15 is 0 Å². The van der Waals surface area contributed by atoms with Crippen LogP contribution in [0.5, 0.6) is 0 Å². The van der Waals surface area contributed by atoms with Crippen LogP contribution < -0.4 is 4.90 Å². The number of carbonyl (C=O) groups is 1. The maximum Gasteiger partial charge on any atom is 0.418 e. The smallest absolute Gasteiger partial charge is 0.387 e. The van der Waals surface area contributed by atoms with Gasteiger partial charge in [-0.05, 0) is 49.8 Å². The Morgan fingerprint density at radius 2 is 1.71 bits per heavy atom. The van der Waals surface area contributed by atoms with E-state index in [2.05, 4.69) is 4.74 Å². The summed E-state index contributed by atoms with van der Waals surface area (Å²) in [5.41, 5.74) is -0.801. The molecule has 2 aliphatic rings. The fourth-order valence-electron chi connectivity index (χ4n) is 4.43. The molecule has 1 atom stereocenters. The molecule has 1 aliphatic heterocycles. The highest BCUT2D eigenvalue weighted by Gasteiger charge is 2.51. The second kappa shape index (κ2) is 7.65. The van der Waals surface area contributed by atoms with Crippen molar-refractivity contribution in [3.8, 4) is 0 Å². The molecule has 8 heteroatoms. The zero-order chi connectivity index (χ0) is 20.6. The van der Waals surface area contributed by atoms with Crippen LogP contribution in [0.15, 0.2) is 24.3 Å². The maximum absolute atomic E-state index is 13.1. The third-order valence-electron chi connectivity index (χ3n) is 6.10. The Labute approximate surface area is 162 Å². The molecule has 3 rings (SSSR count). The predicted octanol–water partition coefficient (Wildman–Crippen LogP) is 3.61. The van der Waals surface area contributed by atoms with Gasteiger partial charge in [0.1, 0.15) is 0 Å². The third kappa shape index (κ3) is 3.90. The van der Waals surface area contributed by atoms with Gasteiger partial charge in [-0.25, -0.2) is 0 Å². The monoisotopic (exact) mass is 401 g/mol. The van der Waals surface area contributed by atoms with Gasteiger partial charge in [-0.15, -0.1) is 0 Å². The average molecular weight is 401 g/mol. The molecule has 1 unspecified atom stereocenters. The van der Waals surface area contributed by atoms with E-state index in [9.17, 15) is 23.1 Å². The summed E-state index contributed by atoms with van der Waals surface area (Å²) in [6.07, 6.45) is -3.63. The summed E-state index contributed by atoms with van der Waals surface area (Å²) in [4.78, 5) is 14.7. The Bertz CT molecular complexity index is 696. The normalized spacial score (nSPS) is 29.5. The van der Waals surface area contributed by atoms with Gasteiger partial charge in [-0.2, -0.15) is 13.2 Å². The molecule has 1 saturated carbocycles. The Balaban J connectivity index is 1.72. The lowest BCUT2D eigenvalue weighted by atomic mass is 9.68. The third-order valence-corrected chi connectivity index (χ3v) is 6.10. The lowest BCUT2D eigenvalue weighted by Crippen LogP contribution is -2.45. The molecule has 0 radical (unpaired) electrons. The number of alkyl halides is 3. The number of rotatable bonds is 5. The summed E-state index contributed by atoms with van der Waals surface area (Å²) in [5.74, 6) is -0.0150. The first-order valence-electron chi connectivity index (χ1n) is 9.37. The first-order valence-corrected chi connectivity index (χ1v) is 9.37. The van der Waals surface area contributed by atoms with Crippen LogP contribution >= 0.6 is 0 Å². The van der Waals surface area contributed by atoms with Crippen LogP contribution in [0.2, 0.25) is 0 Å². The second-order valence-corrected chi connectivity index (χ2v) is 7.89. The van der Waals surface area contributed by atoms with Crippen LogP contribution in [0.1, 0.15) is 43.8 Å². The number of ether oxygens (including phenoxy) is 2. The molecule has 2 fully saturated rings. The Hall–Kier alpha value is -1.64. The van der Waals surface area contributed by atoms with Gasteiger partial charge in [0.2, 0.25) is 5.91 Å². The van der Waals surface area contributed by atoms with Gasteiger partial charge in [0, 0.05) is 26.5 Å². The van der Waals surface area contributed by atoms with Crippen LogP contribution in [-0.2, 0) is 14.3 Å². The van der Waals surface area contributed by atoms with Crippen molar-refractivity contribution in [1.82, 2.24) is 0 Å². The van der Waals surface area contributed by atoms with Gasteiger partial charge in [-0.3, -0.25) is 4.79 Å². The summed E-state index contributed by atoms with van der Waals surface area (Å²) in [6, 6.07) is 5.78. The molecular formula is C20H26F3NO4. The standard InChI is InChI=1S/C20H26F3NO4/c1-27-13-19(26)9-7-18(8-10-19)11-12-24(17(18)25)15-5-3-14(4-6-15)16(28-2)20(21,22)23/h3-6,16,26H,7-13H2,1-2H3. The lowest BCUT2D eigenvalue weighted by Gasteiger charge is -2.40. The van der Waals surface area contributed by atoms with Crippen LogP contribution in [0.4, 0.5) is 18.9 Å². The summed E-state index contributed by atoms with van der Waals surface area (Å²) in [7, 11) is 2.56. The number of benzene rings is 1. The highest BCUT2D eigenvalue weighted by molar-refractivity contribution is 6.00. The maximum atomic E-state index is 13.1. The van der Waals surface area contributed by atoms with Crippen molar-refractivity contribution in [3.05, 3.63) is 29.8 Å². The average Bonchev–Trinajstić information content (AvgIpc) is 2.95. The van der Waals surface area contributed by atoms with E-state index in [1.807, 2.05) is 0 Å². The summed E-state index contributed by atoms with van der Waals surface area (Å²) >= 11 is 0. The van der Waals surface area contributed by atoms with E-state index in [-0.39, 0.29) is 18.1 Å². The quantitative estimate of drug-likeness (QED) is 0.819. The number of carbonyl (C=O) groups excluding carboxylic acids is 1. The number of aliphatic hydroxyl groups is 1. The number of hydrogen-bond donors (Lipinski definition) is 1. The van der Waals surface area contributed by atoms with E-state index in [0.717, 1.165) is 7.11 Å². The molecule has 0 bridgehead atoms. The Morgan fingerprint density at radius 1 is 1.11 bits per heavy atom. The molecule has 1 N–H and O–H groups in total. The van der Waals surface area contributed by atoms with Crippen LogP contribution in [-0.4, -0.2) is 50.2 Å². The summed E-state index contributed by atoms with van der Waals surface area (Å²) in [6.45, 7) is 0.774. The molecule has 1 aliphatic carbocycles. The van der Waals surface area contributed by atoms with E-state index < -0.39 is 23.3 Å². The van der Waals surface area contributed by atoms with Crippen molar-refractivity contribution in [1.29, 1.82) is 0 Å². The molecule has 1 spiro atoms. The molecule has 28 heavy (non-hydrogen) atoms. The molecular weight excluding hydrogens is 375 g/mol. The number of hydrogen-bond acceptors (Lipinski definition) is 4. The van der Waals surface area contributed by atoms with Gasteiger partial charge in [0.25, 0.3) is 0 Å². The van der Waals surface area contributed by atoms with Crippen molar-refractivity contribution < 1.29 is 32.5 Å². The van der Waals surface area contributed by atoms with E-state index in [1.54, 1.807) is 12.0 Å². The molecule has 1 saturated heterocycles. The van der Waals surface area contributed by atoms with Crippen molar-refractivity contribution in [3.63, 3.8) is 0 Å². The highest BCUT2D eigenvalue weighted by atomic mass is 19.4. The fraction of sp³-hybridized carbons (Fsp3) is 0.650. The minimum atomic E-state index is -4.50. The van der Waals surface area contributed by atoms with Crippen LogP contribution in [0, 0.1) is 5.41 Å². The topological polar surface area (TPSA) is 59.0 Å². The second-order valence-electron chi connectivity index (χ2n) is 7.89. The first kappa shape index (κ1) is 21.1. The predicted molar refractivity (Wildman–Crippen MR) is 96.9 cm³/mol. The van der Waals surface area contributed by atoms with Crippen molar-refractivity contribution in [2.75, 3.05) is 32.3 Å². The zero-order valence-corrected chi connectivity index (χ0v) is 16.1. The van der Waals surface area contributed by atoms with E-state index in [4.69, 9.17) is 4.74 Å². The number of halogens is 3. The first-order chi connectivity index (χ1) is 13.1. The minimum absolute atomic E-state index is 0.00223. The van der Waals surface area contributed by atoms with Crippen molar-refractivity contribution >= 4 is 11.6 Å². The molecule has 156 valence electrons. The van der Waals surface area contributed by atoms with E-state index in [1.165, 1.54) is 24.3 Å². The van der Waals surface area contributed by atoms with Crippen LogP contribution in [0.3, 0.4) is 0 Å². The van der Waals surface area contributed by atoms with Crippen molar-refractivity contribution in [2.24, 2.45) is 5.41 Å². The van der Waals surface area contributed by atoms with Gasteiger partial charge < -0.3 is 19.5 Å². The largest absolute Gasteiger partial charge is 0.418 e. The molecule has 1 heterocycles. The SMILES string of the molecule is COCC1(O)CCC2(CCN(c3ccc(C(OC)C(F)(F)F)cc3)C2=O)CC1. The number of methoxy groups -OCH3 is 2. The Morgan fingerprint density at radius 3 is 2.21 bits per heavy atom. The van der Waals surface area contributed by atoms with Gasteiger partial charge >= 0.3 is 6.18 Å². The van der Waals surface area contributed by atoms with E-state index in [0.29, 0.717) is 44.3 Å². The van der Waals surface area contributed by atoms with Crippen molar-refractivity contribution in [2.45, 2.75) is 50.0 Å². The van der Waals surface area contributed by atoms with Gasteiger partial charge in [0.15, 0.2) is 6.10 Å². The zero-order valence-electron chi connectivity index (χ0n) is 16.1. The van der Waals surface area contributed by atoms with Crippen LogP contribution in [0.25, 0.3) is 0 Å². The molecule has 1 amide bonds. The number of amides is 1. The van der Waals surface area contributed by atoms with Gasteiger partial charge in [0.05, 0.1) is 17.6 Å². The highest BCUT2D eigenvalue weighted by Crippen LogP contribution is 2.48. The molecule has 0 aromatic heterocycles. The Kier molecular flexibility index (Phi) is 5.76. The lowest BCUT2D eigenvalue weighted by molar-refractivity contribution is -0.215. The summed E-state index contributed by atoms with van der Waals surface area (Å²) < 4.78 is 48.7. The number of nitrogens with zero attached hydrogens (tertiary/aromatic N) is 1. The minimum Gasteiger partial charge on any atom is -0.387 e. The number of anilines is 1. The molecule has 1 aromatic carbocycles.